The van der Waals surface area contributed by atoms with Gasteiger partial charge >= 0.3 is 0 Å². The first-order valence-electron chi connectivity index (χ1n) is 4.69. The smallest absolute Gasteiger partial charge is 0.133 e. The first-order valence-corrected chi connectivity index (χ1v) is 5.89. The van der Waals surface area contributed by atoms with Crippen molar-refractivity contribution in [2.24, 2.45) is 11.7 Å². The fourth-order valence-electron chi connectivity index (χ4n) is 1.02. The van der Waals surface area contributed by atoms with Crippen molar-refractivity contribution >= 4 is 33.1 Å². The first-order chi connectivity index (χ1) is 7.00. The molecular formula is C11H14BrNOS. The number of aryl methyl sites for hydroxylation is 1. The molecule has 1 unspecified atom stereocenters. The van der Waals surface area contributed by atoms with Crippen LogP contribution in [0.1, 0.15) is 12.5 Å². The van der Waals surface area contributed by atoms with Gasteiger partial charge in [-0.15, -0.1) is 0 Å². The van der Waals surface area contributed by atoms with E-state index in [0.717, 1.165) is 10.2 Å². The van der Waals surface area contributed by atoms with Gasteiger partial charge in [-0.05, 0) is 40.5 Å². The highest BCUT2D eigenvalue weighted by Gasteiger charge is 2.07. The average Bonchev–Trinajstić information content (AvgIpc) is 2.15. The van der Waals surface area contributed by atoms with Crippen LogP contribution >= 0.6 is 28.1 Å². The summed E-state index contributed by atoms with van der Waals surface area (Å²) in [6.45, 7) is 4.49. The Kier molecular flexibility index (Phi) is 4.54. The van der Waals surface area contributed by atoms with Crippen molar-refractivity contribution in [3.05, 3.63) is 28.2 Å². The predicted molar refractivity (Wildman–Crippen MR) is 70.3 cm³/mol. The number of thiocarbonyl (C=S) groups is 1. The summed E-state index contributed by atoms with van der Waals surface area (Å²) in [7, 11) is 0. The Morgan fingerprint density at radius 3 is 2.80 bits per heavy atom. The molecule has 1 atom stereocenters. The van der Waals surface area contributed by atoms with E-state index < -0.39 is 0 Å². The third-order valence-electron chi connectivity index (χ3n) is 2.06. The second kappa shape index (κ2) is 5.47. The summed E-state index contributed by atoms with van der Waals surface area (Å²) < 4.78 is 6.56. The SMILES string of the molecule is Cc1ccc(OCC(C)C(N)=S)c(Br)c1. The third kappa shape index (κ3) is 3.80. The summed E-state index contributed by atoms with van der Waals surface area (Å²) in [4.78, 5) is 0.484. The fourth-order valence-corrected chi connectivity index (χ4v) is 1.70. The molecule has 0 aliphatic heterocycles. The van der Waals surface area contributed by atoms with Crippen LogP contribution in [-0.2, 0) is 0 Å². The zero-order valence-corrected chi connectivity index (χ0v) is 11.2. The van der Waals surface area contributed by atoms with Crippen molar-refractivity contribution < 1.29 is 4.74 Å². The predicted octanol–water partition coefficient (Wildman–Crippen LogP) is 3.06. The Morgan fingerprint density at radius 2 is 2.27 bits per heavy atom. The van der Waals surface area contributed by atoms with E-state index in [0.29, 0.717) is 11.6 Å². The van der Waals surface area contributed by atoms with Gasteiger partial charge in [0.2, 0.25) is 0 Å². The molecule has 0 amide bonds. The minimum atomic E-state index is 0.0909. The van der Waals surface area contributed by atoms with Gasteiger partial charge in [0, 0.05) is 5.92 Å². The highest BCUT2D eigenvalue weighted by Crippen LogP contribution is 2.26. The van der Waals surface area contributed by atoms with Crippen LogP contribution in [0.2, 0.25) is 0 Å². The van der Waals surface area contributed by atoms with E-state index in [1.165, 1.54) is 5.56 Å². The molecule has 1 rings (SSSR count). The number of halogens is 1. The van der Waals surface area contributed by atoms with Crippen molar-refractivity contribution in [2.45, 2.75) is 13.8 Å². The summed E-state index contributed by atoms with van der Waals surface area (Å²) in [5, 5.41) is 0. The van der Waals surface area contributed by atoms with Crippen LogP contribution in [0, 0.1) is 12.8 Å². The molecule has 0 aromatic heterocycles. The van der Waals surface area contributed by atoms with Crippen LogP contribution in [0.5, 0.6) is 5.75 Å². The van der Waals surface area contributed by atoms with E-state index >= 15 is 0 Å². The maximum atomic E-state index is 5.60. The highest BCUT2D eigenvalue weighted by molar-refractivity contribution is 9.10. The summed E-state index contributed by atoms with van der Waals surface area (Å²) in [5.41, 5.74) is 6.69. The maximum Gasteiger partial charge on any atom is 0.133 e. The molecule has 0 spiro atoms. The first kappa shape index (κ1) is 12.5. The van der Waals surface area contributed by atoms with Gasteiger partial charge in [-0.25, -0.2) is 0 Å². The van der Waals surface area contributed by atoms with Gasteiger partial charge in [0.25, 0.3) is 0 Å². The lowest BCUT2D eigenvalue weighted by molar-refractivity contribution is 0.291. The number of hydrogen-bond acceptors (Lipinski definition) is 2. The molecule has 0 radical (unpaired) electrons. The fraction of sp³-hybridized carbons (Fsp3) is 0.364. The van der Waals surface area contributed by atoms with Crippen LogP contribution in [0.15, 0.2) is 22.7 Å². The molecule has 0 fully saturated rings. The van der Waals surface area contributed by atoms with Gasteiger partial charge in [-0.1, -0.05) is 25.2 Å². The minimum absolute atomic E-state index is 0.0909. The van der Waals surface area contributed by atoms with Crippen molar-refractivity contribution in [2.75, 3.05) is 6.61 Å². The van der Waals surface area contributed by atoms with Crippen molar-refractivity contribution in [1.29, 1.82) is 0 Å². The van der Waals surface area contributed by atoms with E-state index in [4.69, 9.17) is 22.7 Å². The lowest BCUT2D eigenvalue weighted by Crippen LogP contribution is -2.24. The van der Waals surface area contributed by atoms with Crippen molar-refractivity contribution in [3.8, 4) is 5.75 Å². The van der Waals surface area contributed by atoms with E-state index in [2.05, 4.69) is 15.9 Å². The molecule has 1 aromatic carbocycles. The number of nitrogens with two attached hydrogens (primary N) is 1. The molecular weight excluding hydrogens is 274 g/mol. The van der Waals surface area contributed by atoms with Crippen LogP contribution < -0.4 is 10.5 Å². The molecule has 0 saturated heterocycles. The zero-order chi connectivity index (χ0) is 11.4. The van der Waals surface area contributed by atoms with Gasteiger partial charge in [0.05, 0.1) is 16.1 Å². The summed E-state index contributed by atoms with van der Waals surface area (Å²) in [6, 6.07) is 5.96. The second-order valence-corrected chi connectivity index (χ2v) is 4.87. The van der Waals surface area contributed by atoms with Gasteiger partial charge < -0.3 is 10.5 Å². The van der Waals surface area contributed by atoms with Crippen molar-refractivity contribution in [1.82, 2.24) is 0 Å². The molecule has 0 bridgehead atoms. The number of ether oxygens (including phenoxy) is 1. The Hall–Kier alpha value is -0.610. The molecule has 2 N–H and O–H groups in total. The second-order valence-electron chi connectivity index (χ2n) is 3.55. The Labute approximate surface area is 104 Å². The van der Waals surface area contributed by atoms with E-state index in [9.17, 15) is 0 Å². The van der Waals surface area contributed by atoms with Gasteiger partial charge in [-0.2, -0.15) is 0 Å². The maximum absolute atomic E-state index is 5.60. The Bertz CT molecular complexity index is 368. The standard InChI is InChI=1S/C11H14BrNOS/c1-7-3-4-10(9(12)5-7)14-6-8(2)11(13)15/h3-5,8H,6H2,1-2H3,(H2,13,15). The van der Waals surface area contributed by atoms with Crippen molar-refractivity contribution in [3.63, 3.8) is 0 Å². The highest BCUT2D eigenvalue weighted by atomic mass is 79.9. The zero-order valence-electron chi connectivity index (χ0n) is 8.79. The largest absolute Gasteiger partial charge is 0.492 e. The van der Waals surface area contributed by atoms with Gasteiger partial charge in [0.15, 0.2) is 0 Å². The van der Waals surface area contributed by atoms with E-state index in [-0.39, 0.29) is 5.92 Å². The molecule has 0 heterocycles. The normalized spacial score (nSPS) is 12.2. The molecule has 2 nitrogen and oxygen atoms in total. The molecule has 0 aliphatic rings. The summed E-state index contributed by atoms with van der Waals surface area (Å²) in [6.07, 6.45) is 0. The van der Waals surface area contributed by atoms with Gasteiger partial charge in [-0.3, -0.25) is 0 Å². The Morgan fingerprint density at radius 1 is 1.60 bits per heavy atom. The molecule has 15 heavy (non-hydrogen) atoms. The summed E-state index contributed by atoms with van der Waals surface area (Å²) in [5.74, 6) is 0.914. The van der Waals surface area contributed by atoms with Crippen LogP contribution in [-0.4, -0.2) is 11.6 Å². The molecule has 4 heteroatoms. The lowest BCUT2D eigenvalue weighted by atomic mass is 10.2. The van der Waals surface area contributed by atoms with Crippen LogP contribution in [0.4, 0.5) is 0 Å². The third-order valence-corrected chi connectivity index (χ3v) is 3.08. The summed E-state index contributed by atoms with van der Waals surface area (Å²) >= 11 is 8.32. The molecule has 1 aromatic rings. The average molecular weight is 288 g/mol. The monoisotopic (exact) mass is 287 g/mol. The van der Waals surface area contributed by atoms with E-state index in [1.807, 2.05) is 32.0 Å². The van der Waals surface area contributed by atoms with Gasteiger partial charge in [0.1, 0.15) is 5.75 Å². The minimum Gasteiger partial charge on any atom is -0.492 e. The van der Waals surface area contributed by atoms with Crippen LogP contribution in [0.25, 0.3) is 0 Å². The van der Waals surface area contributed by atoms with Crippen LogP contribution in [0.3, 0.4) is 0 Å². The number of benzene rings is 1. The van der Waals surface area contributed by atoms with E-state index in [1.54, 1.807) is 0 Å². The lowest BCUT2D eigenvalue weighted by Gasteiger charge is -2.12. The Balaban J connectivity index is 2.62. The quantitative estimate of drug-likeness (QED) is 0.865. The number of rotatable bonds is 4. The number of hydrogen-bond donors (Lipinski definition) is 1. The topological polar surface area (TPSA) is 35.2 Å². The molecule has 0 aliphatic carbocycles. The molecule has 82 valence electrons. The molecule has 0 saturated carbocycles.